The second kappa shape index (κ2) is 5.66. The van der Waals surface area contributed by atoms with Crippen molar-refractivity contribution in [1.29, 1.82) is 0 Å². The van der Waals surface area contributed by atoms with Crippen molar-refractivity contribution in [2.75, 3.05) is 16.9 Å². The van der Waals surface area contributed by atoms with Gasteiger partial charge in [-0.2, -0.15) is 0 Å². The second-order valence-corrected chi connectivity index (χ2v) is 7.00. The predicted molar refractivity (Wildman–Crippen MR) is 73.8 cm³/mol. The fourth-order valence-corrected chi connectivity index (χ4v) is 4.34. The van der Waals surface area contributed by atoms with E-state index in [1.54, 1.807) is 12.1 Å². The Morgan fingerprint density at radius 1 is 1.21 bits per heavy atom. The van der Waals surface area contributed by atoms with Gasteiger partial charge >= 0.3 is 6.03 Å². The molecule has 2 rings (SSSR count). The van der Waals surface area contributed by atoms with Gasteiger partial charge in [0.15, 0.2) is 9.84 Å². The van der Waals surface area contributed by atoms with Crippen LogP contribution in [0.25, 0.3) is 0 Å². The summed E-state index contributed by atoms with van der Waals surface area (Å²) in [5.41, 5.74) is 5.84. The number of hydrazine groups is 1. The number of amides is 2. The van der Waals surface area contributed by atoms with E-state index in [9.17, 15) is 13.2 Å². The van der Waals surface area contributed by atoms with E-state index in [0.29, 0.717) is 0 Å². The summed E-state index contributed by atoms with van der Waals surface area (Å²) in [6.45, 7) is 0. The lowest BCUT2D eigenvalue weighted by Gasteiger charge is -2.15. The molecule has 1 aromatic rings. The first kappa shape index (κ1) is 14.0. The maximum absolute atomic E-state index is 11.6. The zero-order valence-corrected chi connectivity index (χ0v) is 11.5. The number of carbonyl (C=O) groups excluding carboxylic acids is 1. The van der Waals surface area contributed by atoms with Crippen LogP contribution in [0.2, 0.25) is 0 Å². The first-order chi connectivity index (χ1) is 8.96. The summed E-state index contributed by atoms with van der Waals surface area (Å²) in [6.07, 6.45) is 0. The Morgan fingerprint density at radius 3 is 2.47 bits per heavy atom. The Bertz CT molecular complexity index is 550. The zero-order chi connectivity index (χ0) is 13.9. The van der Waals surface area contributed by atoms with Gasteiger partial charge in [-0.15, -0.1) is 11.6 Å². The highest BCUT2D eigenvalue weighted by Crippen LogP contribution is 2.17. The first-order valence-electron chi connectivity index (χ1n) is 5.68. The molecule has 0 aromatic heterocycles. The quantitative estimate of drug-likeness (QED) is 0.567. The molecule has 6 nitrogen and oxygen atoms in total. The molecule has 2 unspecified atom stereocenters. The number of halogens is 1. The van der Waals surface area contributed by atoms with Gasteiger partial charge in [-0.1, -0.05) is 18.2 Å². The Morgan fingerprint density at radius 2 is 1.89 bits per heavy atom. The average Bonchev–Trinajstić information content (AvgIpc) is 2.61. The third-order valence-corrected chi connectivity index (χ3v) is 5.07. The summed E-state index contributed by atoms with van der Waals surface area (Å²) in [4.78, 5) is 11.6. The molecular weight excluding hydrogens is 290 g/mol. The summed E-state index contributed by atoms with van der Waals surface area (Å²) < 4.78 is 22.7. The second-order valence-electron chi connectivity index (χ2n) is 4.29. The molecule has 2 amide bonds. The number of nitrogens with one attached hydrogen (secondary N) is 3. The lowest BCUT2D eigenvalue weighted by Crippen LogP contribution is -2.47. The van der Waals surface area contributed by atoms with Crippen molar-refractivity contribution in [3.63, 3.8) is 0 Å². The van der Waals surface area contributed by atoms with Crippen LogP contribution in [0.4, 0.5) is 10.5 Å². The van der Waals surface area contributed by atoms with E-state index >= 15 is 0 Å². The minimum absolute atomic E-state index is 0.106. The normalized spacial score (nSPS) is 24.7. The summed E-state index contributed by atoms with van der Waals surface area (Å²) >= 11 is 5.88. The van der Waals surface area contributed by atoms with Gasteiger partial charge in [-0.25, -0.2) is 13.2 Å². The molecule has 1 heterocycles. The van der Waals surface area contributed by atoms with E-state index in [4.69, 9.17) is 11.6 Å². The van der Waals surface area contributed by atoms with Gasteiger partial charge in [-0.05, 0) is 12.1 Å². The fraction of sp³-hybridized carbons (Fsp3) is 0.364. The molecule has 0 spiro atoms. The average molecular weight is 304 g/mol. The number of benzene rings is 1. The Balaban J connectivity index is 1.82. The number of urea groups is 1. The lowest BCUT2D eigenvalue weighted by atomic mass is 10.2. The van der Waals surface area contributed by atoms with Crippen LogP contribution in [0.1, 0.15) is 0 Å². The maximum Gasteiger partial charge on any atom is 0.333 e. The van der Waals surface area contributed by atoms with Crippen molar-refractivity contribution in [3.8, 4) is 0 Å². The molecule has 8 heteroatoms. The largest absolute Gasteiger partial charge is 0.333 e. The van der Waals surface area contributed by atoms with E-state index in [0.717, 1.165) is 5.69 Å². The zero-order valence-electron chi connectivity index (χ0n) is 9.97. The third kappa shape index (κ3) is 4.00. The van der Waals surface area contributed by atoms with Crippen LogP contribution in [0.3, 0.4) is 0 Å². The minimum Gasteiger partial charge on any atom is -0.331 e. The topological polar surface area (TPSA) is 87.3 Å². The molecule has 0 saturated carbocycles. The highest BCUT2D eigenvalue weighted by Gasteiger charge is 2.37. The smallest absolute Gasteiger partial charge is 0.331 e. The molecule has 1 fully saturated rings. The number of rotatable bonds is 3. The number of hydrogen-bond acceptors (Lipinski definition) is 4. The molecule has 104 valence electrons. The maximum atomic E-state index is 11.6. The number of alkyl halides is 1. The molecular formula is C11H14ClN3O3S. The molecule has 19 heavy (non-hydrogen) atoms. The fourth-order valence-electron chi connectivity index (χ4n) is 1.79. The molecule has 1 aromatic carbocycles. The Hall–Kier alpha value is -1.47. The van der Waals surface area contributed by atoms with Crippen LogP contribution in [0, 0.1) is 0 Å². The molecule has 0 radical (unpaired) electrons. The summed E-state index contributed by atoms with van der Waals surface area (Å²) in [5, 5.41) is 1.94. The molecule has 1 aliphatic rings. The summed E-state index contributed by atoms with van der Waals surface area (Å²) in [5.74, 6) is -0.231. The van der Waals surface area contributed by atoms with E-state index in [1.807, 2.05) is 18.2 Å². The van der Waals surface area contributed by atoms with E-state index in [-0.39, 0.29) is 11.5 Å². The van der Waals surface area contributed by atoms with Crippen LogP contribution in [0.15, 0.2) is 30.3 Å². The van der Waals surface area contributed by atoms with Crippen molar-refractivity contribution in [3.05, 3.63) is 30.3 Å². The van der Waals surface area contributed by atoms with Crippen molar-refractivity contribution in [1.82, 2.24) is 10.7 Å². The minimum atomic E-state index is -3.15. The summed E-state index contributed by atoms with van der Waals surface area (Å²) in [6, 6.07) is 7.98. The Kier molecular flexibility index (Phi) is 4.16. The van der Waals surface area contributed by atoms with E-state index in [1.165, 1.54) is 0 Å². The lowest BCUT2D eigenvalue weighted by molar-refractivity contribution is 0.240. The van der Waals surface area contributed by atoms with Gasteiger partial charge < -0.3 is 5.32 Å². The van der Waals surface area contributed by atoms with E-state index in [2.05, 4.69) is 16.2 Å². The highest BCUT2D eigenvalue weighted by molar-refractivity contribution is 7.91. The number of sulfone groups is 1. The van der Waals surface area contributed by atoms with Gasteiger partial charge in [0.2, 0.25) is 0 Å². The molecule has 0 bridgehead atoms. The van der Waals surface area contributed by atoms with Crippen LogP contribution in [0.5, 0.6) is 0 Å². The van der Waals surface area contributed by atoms with Crippen molar-refractivity contribution < 1.29 is 13.2 Å². The molecule has 3 N–H and O–H groups in total. The van der Waals surface area contributed by atoms with Crippen LogP contribution in [-0.2, 0) is 9.84 Å². The highest BCUT2D eigenvalue weighted by atomic mass is 35.5. The third-order valence-electron chi connectivity index (χ3n) is 2.69. The Labute approximate surface area is 116 Å². The van der Waals surface area contributed by atoms with Crippen LogP contribution < -0.4 is 16.2 Å². The summed E-state index contributed by atoms with van der Waals surface area (Å²) in [7, 11) is -3.15. The van der Waals surface area contributed by atoms with Crippen molar-refractivity contribution in [2.24, 2.45) is 0 Å². The van der Waals surface area contributed by atoms with Gasteiger partial charge in [0.25, 0.3) is 0 Å². The number of carbonyl (C=O) groups is 1. The predicted octanol–water partition coefficient (Wildman–Crippen LogP) is 0.717. The van der Waals surface area contributed by atoms with Crippen LogP contribution >= 0.6 is 11.6 Å². The SMILES string of the molecule is O=C(NNc1ccccc1)NC1CS(=O)(=O)CC1Cl. The monoisotopic (exact) mass is 303 g/mol. The number of hydrogen-bond donors (Lipinski definition) is 3. The number of para-hydroxylation sites is 1. The molecule has 1 aliphatic heterocycles. The van der Waals surface area contributed by atoms with Gasteiger partial charge in [0.1, 0.15) is 0 Å². The standard InChI is InChI=1S/C11H14ClN3O3S/c12-9-6-19(17,18)7-10(9)13-11(16)15-14-8-4-2-1-3-5-8/h1-5,9-10,14H,6-7H2,(H2,13,15,16). The van der Waals surface area contributed by atoms with Crippen molar-refractivity contribution in [2.45, 2.75) is 11.4 Å². The van der Waals surface area contributed by atoms with Gasteiger partial charge in [0, 0.05) is 0 Å². The van der Waals surface area contributed by atoms with Crippen molar-refractivity contribution >= 4 is 33.2 Å². The molecule has 0 aliphatic carbocycles. The molecule has 1 saturated heterocycles. The van der Waals surface area contributed by atoms with Gasteiger partial charge in [0.05, 0.1) is 28.6 Å². The van der Waals surface area contributed by atoms with Gasteiger partial charge in [-0.3, -0.25) is 10.9 Å². The first-order valence-corrected chi connectivity index (χ1v) is 7.94. The van der Waals surface area contributed by atoms with Crippen LogP contribution in [-0.4, -0.2) is 37.4 Å². The van der Waals surface area contributed by atoms with E-state index < -0.39 is 27.3 Å². The number of anilines is 1. The molecule has 2 atom stereocenters.